The molecule has 0 spiro atoms. The summed E-state index contributed by atoms with van der Waals surface area (Å²) in [6.45, 7) is 2.59. The molecule has 0 aromatic rings. The van der Waals surface area contributed by atoms with Crippen molar-refractivity contribution in [2.24, 2.45) is 0 Å². The van der Waals surface area contributed by atoms with E-state index in [9.17, 15) is 4.79 Å². The summed E-state index contributed by atoms with van der Waals surface area (Å²) in [6.07, 6.45) is 13.4. The van der Waals surface area contributed by atoms with Crippen molar-refractivity contribution in [1.82, 2.24) is 0 Å². The molecule has 0 bridgehead atoms. The molecule has 0 aliphatic carbocycles. The highest BCUT2D eigenvalue weighted by Gasteiger charge is 2.01. The third-order valence-electron chi connectivity index (χ3n) is 3.07. The van der Waals surface area contributed by atoms with E-state index < -0.39 is 0 Å². The Balaban J connectivity index is 3.04. The van der Waals surface area contributed by atoms with Gasteiger partial charge >= 0.3 is 5.97 Å². The van der Waals surface area contributed by atoms with Gasteiger partial charge in [-0.3, -0.25) is 4.79 Å². The Labute approximate surface area is 117 Å². The zero-order chi connectivity index (χ0) is 13.5. The first kappa shape index (κ1) is 17.8. The van der Waals surface area contributed by atoms with Gasteiger partial charge in [0, 0.05) is 6.42 Å². The molecule has 0 aliphatic rings. The Bertz CT molecular complexity index is 183. The number of hydrogen-bond donors (Lipinski definition) is 0. The fourth-order valence-electron chi connectivity index (χ4n) is 1.98. The van der Waals surface area contributed by atoms with Crippen molar-refractivity contribution in [3.8, 4) is 0 Å². The molecule has 0 heterocycles. The van der Waals surface area contributed by atoms with Crippen LogP contribution in [-0.4, -0.2) is 18.5 Å². The summed E-state index contributed by atoms with van der Waals surface area (Å²) in [6, 6.07) is 0. The molecule has 108 valence electrons. The Morgan fingerprint density at radius 2 is 1.39 bits per heavy atom. The number of unbranched alkanes of at least 4 members (excludes halogenated alkanes) is 9. The van der Waals surface area contributed by atoms with E-state index in [1.54, 1.807) is 0 Å². The Kier molecular flexibility index (Phi) is 14.6. The summed E-state index contributed by atoms with van der Waals surface area (Å²) in [7, 11) is 0. The maximum absolute atomic E-state index is 11.2. The zero-order valence-corrected chi connectivity index (χ0v) is 12.6. The molecule has 0 saturated heterocycles. The molecule has 0 atom stereocenters. The topological polar surface area (TPSA) is 26.3 Å². The van der Waals surface area contributed by atoms with E-state index in [-0.39, 0.29) is 5.97 Å². The average Bonchev–Trinajstić information content (AvgIpc) is 2.38. The number of carbonyl (C=O) groups excluding carboxylic acids is 1. The van der Waals surface area contributed by atoms with Gasteiger partial charge in [-0.1, -0.05) is 64.7 Å². The number of esters is 1. The number of rotatable bonds is 13. The van der Waals surface area contributed by atoms with E-state index in [1.165, 1.54) is 51.4 Å². The predicted molar refractivity (Wildman–Crippen MR) is 78.1 cm³/mol. The smallest absolute Gasteiger partial charge is 0.305 e. The molecule has 0 unspecified atom stereocenters. The lowest BCUT2D eigenvalue weighted by Gasteiger charge is -2.03. The first-order valence-electron chi connectivity index (χ1n) is 7.52. The molecular formula is C15H29ClO2. The van der Waals surface area contributed by atoms with Crippen LogP contribution in [0.15, 0.2) is 0 Å². The van der Waals surface area contributed by atoms with Crippen LogP contribution in [0.5, 0.6) is 0 Å². The second kappa shape index (κ2) is 14.8. The van der Waals surface area contributed by atoms with Crippen LogP contribution < -0.4 is 0 Å². The molecule has 0 saturated carbocycles. The van der Waals surface area contributed by atoms with Gasteiger partial charge in [-0.2, -0.15) is 0 Å². The molecule has 2 nitrogen and oxygen atoms in total. The SMILES string of the molecule is CCCCCCCCCCCCC(=O)OCCCl. The van der Waals surface area contributed by atoms with Crippen molar-refractivity contribution in [3.05, 3.63) is 0 Å². The van der Waals surface area contributed by atoms with E-state index in [0.717, 1.165) is 12.8 Å². The molecule has 3 heteroatoms. The van der Waals surface area contributed by atoms with E-state index in [1.807, 2.05) is 0 Å². The number of carbonyl (C=O) groups is 1. The van der Waals surface area contributed by atoms with Crippen molar-refractivity contribution in [3.63, 3.8) is 0 Å². The van der Waals surface area contributed by atoms with Gasteiger partial charge in [0.2, 0.25) is 0 Å². The van der Waals surface area contributed by atoms with Gasteiger partial charge in [0.15, 0.2) is 0 Å². The zero-order valence-electron chi connectivity index (χ0n) is 11.9. The minimum atomic E-state index is -0.102. The molecule has 0 fully saturated rings. The van der Waals surface area contributed by atoms with Crippen LogP contribution in [0.4, 0.5) is 0 Å². The molecule has 0 amide bonds. The molecule has 0 aromatic carbocycles. The highest BCUT2D eigenvalue weighted by atomic mass is 35.5. The highest BCUT2D eigenvalue weighted by molar-refractivity contribution is 6.18. The van der Waals surface area contributed by atoms with Gasteiger partial charge in [0.05, 0.1) is 5.88 Å². The van der Waals surface area contributed by atoms with Crippen LogP contribution >= 0.6 is 11.6 Å². The largest absolute Gasteiger partial charge is 0.464 e. The summed E-state index contributed by atoms with van der Waals surface area (Å²) in [4.78, 5) is 11.2. The van der Waals surface area contributed by atoms with Crippen molar-refractivity contribution in [1.29, 1.82) is 0 Å². The van der Waals surface area contributed by atoms with Gasteiger partial charge in [0.1, 0.15) is 6.61 Å². The molecule has 0 rings (SSSR count). The lowest BCUT2D eigenvalue weighted by atomic mass is 10.1. The number of alkyl halides is 1. The predicted octanol–water partition coefficient (Wildman–Crippen LogP) is 5.08. The highest BCUT2D eigenvalue weighted by Crippen LogP contribution is 2.11. The fourth-order valence-corrected chi connectivity index (χ4v) is 2.06. The lowest BCUT2D eigenvalue weighted by molar-refractivity contribution is -0.143. The van der Waals surface area contributed by atoms with E-state index in [4.69, 9.17) is 16.3 Å². The fraction of sp³-hybridized carbons (Fsp3) is 0.933. The summed E-state index contributed by atoms with van der Waals surface area (Å²) in [5.74, 6) is 0.291. The first-order valence-corrected chi connectivity index (χ1v) is 8.06. The Hall–Kier alpha value is -0.240. The van der Waals surface area contributed by atoms with E-state index >= 15 is 0 Å². The molecule has 0 aromatic heterocycles. The minimum absolute atomic E-state index is 0.102. The quantitative estimate of drug-likeness (QED) is 0.266. The van der Waals surface area contributed by atoms with Gasteiger partial charge in [-0.05, 0) is 6.42 Å². The van der Waals surface area contributed by atoms with E-state index in [2.05, 4.69) is 6.92 Å². The minimum Gasteiger partial charge on any atom is -0.464 e. The summed E-state index contributed by atoms with van der Waals surface area (Å²) in [5, 5.41) is 0. The van der Waals surface area contributed by atoms with Gasteiger partial charge < -0.3 is 4.74 Å². The normalized spacial score (nSPS) is 10.6. The van der Waals surface area contributed by atoms with E-state index in [0.29, 0.717) is 18.9 Å². The van der Waals surface area contributed by atoms with Crippen molar-refractivity contribution >= 4 is 17.6 Å². The summed E-state index contributed by atoms with van der Waals surface area (Å²) in [5.41, 5.74) is 0. The van der Waals surface area contributed by atoms with Crippen molar-refractivity contribution in [2.75, 3.05) is 12.5 Å². The molecule has 18 heavy (non-hydrogen) atoms. The standard InChI is InChI=1S/C15H29ClO2/c1-2-3-4-5-6-7-8-9-10-11-12-15(17)18-14-13-16/h2-14H2,1H3. The monoisotopic (exact) mass is 276 g/mol. The van der Waals surface area contributed by atoms with Crippen LogP contribution in [0.1, 0.15) is 77.6 Å². The van der Waals surface area contributed by atoms with Crippen molar-refractivity contribution < 1.29 is 9.53 Å². The van der Waals surface area contributed by atoms with Crippen molar-refractivity contribution in [2.45, 2.75) is 77.6 Å². The van der Waals surface area contributed by atoms with Gasteiger partial charge in [-0.15, -0.1) is 11.6 Å². The third-order valence-corrected chi connectivity index (χ3v) is 3.23. The summed E-state index contributed by atoms with van der Waals surface area (Å²) < 4.78 is 4.90. The molecule has 0 N–H and O–H groups in total. The Morgan fingerprint density at radius 3 is 1.89 bits per heavy atom. The maximum Gasteiger partial charge on any atom is 0.305 e. The lowest BCUT2D eigenvalue weighted by Crippen LogP contribution is -2.06. The molecule has 0 radical (unpaired) electrons. The maximum atomic E-state index is 11.2. The average molecular weight is 277 g/mol. The summed E-state index contributed by atoms with van der Waals surface area (Å²) >= 11 is 5.43. The number of ether oxygens (including phenoxy) is 1. The second-order valence-corrected chi connectivity index (χ2v) is 5.22. The molecule has 0 aliphatic heterocycles. The van der Waals surface area contributed by atoms with Gasteiger partial charge in [-0.25, -0.2) is 0 Å². The molecular weight excluding hydrogens is 248 g/mol. The third kappa shape index (κ3) is 13.8. The van der Waals surface area contributed by atoms with Crippen LogP contribution in [0.2, 0.25) is 0 Å². The first-order chi connectivity index (χ1) is 8.81. The van der Waals surface area contributed by atoms with Crippen LogP contribution in [0.25, 0.3) is 0 Å². The van der Waals surface area contributed by atoms with Crippen LogP contribution in [0, 0.1) is 0 Å². The number of hydrogen-bond acceptors (Lipinski definition) is 2. The number of halogens is 1. The van der Waals surface area contributed by atoms with Gasteiger partial charge in [0.25, 0.3) is 0 Å². The van der Waals surface area contributed by atoms with Crippen LogP contribution in [-0.2, 0) is 9.53 Å². The Morgan fingerprint density at radius 1 is 0.889 bits per heavy atom. The second-order valence-electron chi connectivity index (χ2n) is 4.84. The van der Waals surface area contributed by atoms with Crippen LogP contribution in [0.3, 0.4) is 0 Å².